The van der Waals surface area contributed by atoms with Gasteiger partial charge in [-0.2, -0.15) is 0 Å². The van der Waals surface area contributed by atoms with Crippen molar-refractivity contribution >= 4 is 7.60 Å². The molecule has 1 aromatic carbocycles. The molecular weight excluding hydrogens is 307 g/mol. The zero-order chi connectivity index (χ0) is 16.5. The Morgan fingerprint density at radius 2 is 1.59 bits per heavy atom. The molecule has 0 amide bonds. The maximum atomic E-state index is 12.0. The Hall–Kier alpha value is -1.07. The van der Waals surface area contributed by atoms with E-state index in [0.29, 0.717) is 18.4 Å². The van der Waals surface area contributed by atoms with Gasteiger partial charge < -0.3 is 25.5 Å². The highest BCUT2D eigenvalue weighted by Gasteiger charge is 2.47. The number of phenolic OH excluding ortho intramolecular Hbond substituents is 2. The molecule has 0 saturated carbocycles. The van der Waals surface area contributed by atoms with Crippen LogP contribution in [0.1, 0.15) is 52.5 Å². The molecular formula is C15H27O6P. The quantitative estimate of drug-likeness (QED) is 0.594. The normalized spacial score (nSPS) is 12.8. The summed E-state index contributed by atoms with van der Waals surface area (Å²) in [6.07, 6.45) is 0.960. The fourth-order valence-electron chi connectivity index (χ4n) is 3.03. The first-order chi connectivity index (χ1) is 9.49. The highest BCUT2D eigenvalue weighted by atomic mass is 31.2. The van der Waals surface area contributed by atoms with Crippen LogP contribution in [-0.4, -0.2) is 30.6 Å². The van der Waals surface area contributed by atoms with Gasteiger partial charge in [0.1, 0.15) is 11.5 Å². The van der Waals surface area contributed by atoms with E-state index in [-0.39, 0.29) is 23.4 Å². The Bertz CT molecular complexity index is 545. The lowest BCUT2D eigenvalue weighted by Gasteiger charge is -2.39. The fraction of sp³-hybridized carbons (Fsp3) is 0.600. The molecule has 1 rings (SSSR count). The zero-order valence-corrected chi connectivity index (χ0v) is 14.4. The highest BCUT2D eigenvalue weighted by Crippen LogP contribution is 2.59. The lowest BCUT2D eigenvalue weighted by Crippen LogP contribution is -2.35. The van der Waals surface area contributed by atoms with Crippen LogP contribution in [0.3, 0.4) is 0 Å². The van der Waals surface area contributed by atoms with Crippen LogP contribution in [0.25, 0.3) is 0 Å². The zero-order valence-electron chi connectivity index (χ0n) is 13.5. The third-order valence-electron chi connectivity index (χ3n) is 4.42. The molecule has 0 fully saturated rings. The van der Waals surface area contributed by atoms with Gasteiger partial charge in [0.05, 0.1) is 5.16 Å². The van der Waals surface area contributed by atoms with Crippen molar-refractivity contribution in [3.8, 4) is 11.5 Å². The van der Waals surface area contributed by atoms with Gasteiger partial charge >= 0.3 is 7.60 Å². The molecule has 128 valence electrons. The molecule has 6 N–H and O–H groups in total. The summed E-state index contributed by atoms with van der Waals surface area (Å²) in [5.41, 5.74) is -0.0645. The van der Waals surface area contributed by atoms with Crippen LogP contribution in [0.4, 0.5) is 0 Å². The van der Waals surface area contributed by atoms with E-state index in [0.717, 1.165) is 0 Å². The van der Waals surface area contributed by atoms with E-state index < -0.39 is 18.2 Å². The van der Waals surface area contributed by atoms with E-state index in [1.165, 1.54) is 12.1 Å². The molecule has 0 atom stereocenters. The highest BCUT2D eigenvalue weighted by molar-refractivity contribution is 7.53. The van der Waals surface area contributed by atoms with Gasteiger partial charge in [0.2, 0.25) is 0 Å². The lowest BCUT2D eigenvalue weighted by molar-refractivity contribution is 0.271. The average molecular weight is 334 g/mol. The third kappa shape index (κ3) is 4.02. The van der Waals surface area contributed by atoms with E-state index in [2.05, 4.69) is 0 Å². The number of benzene rings is 1. The monoisotopic (exact) mass is 334 g/mol. The van der Waals surface area contributed by atoms with Crippen molar-refractivity contribution in [2.75, 3.05) is 0 Å². The largest absolute Gasteiger partial charge is 0.508 e. The summed E-state index contributed by atoms with van der Waals surface area (Å²) in [7, 11) is -4.28. The standard InChI is InChI=1S/C15H25O5P.H2O/c1-5-15(6-2,21(18,19)20)10-14(3,4)12-8-7-11(16)9-13(12)17;/h7-9,16-17H,5-6,10H2,1-4H3,(H2,18,19,20);1H2. The van der Waals surface area contributed by atoms with Gasteiger partial charge in [0.25, 0.3) is 0 Å². The minimum absolute atomic E-state index is 0. The minimum Gasteiger partial charge on any atom is -0.508 e. The molecule has 0 radical (unpaired) electrons. The minimum atomic E-state index is -4.28. The lowest BCUT2D eigenvalue weighted by atomic mass is 9.75. The second-order valence-corrected chi connectivity index (χ2v) is 8.27. The van der Waals surface area contributed by atoms with Crippen molar-refractivity contribution in [1.29, 1.82) is 0 Å². The predicted octanol–water partition coefficient (Wildman–Crippen LogP) is 2.68. The first-order valence-electron chi connectivity index (χ1n) is 7.07. The molecule has 7 heteroatoms. The Morgan fingerprint density at radius 1 is 1.09 bits per heavy atom. The molecule has 0 aliphatic heterocycles. The van der Waals surface area contributed by atoms with Crippen LogP contribution >= 0.6 is 7.60 Å². The van der Waals surface area contributed by atoms with Crippen LogP contribution in [0.2, 0.25) is 0 Å². The molecule has 0 aliphatic carbocycles. The first-order valence-corrected chi connectivity index (χ1v) is 8.68. The van der Waals surface area contributed by atoms with Gasteiger partial charge in [0.15, 0.2) is 0 Å². The van der Waals surface area contributed by atoms with Crippen LogP contribution in [-0.2, 0) is 9.98 Å². The number of aromatic hydroxyl groups is 2. The van der Waals surface area contributed by atoms with E-state index >= 15 is 0 Å². The first kappa shape index (κ1) is 20.9. The SMILES string of the molecule is CCC(CC)(CC(C)(C)c1ccc(O)cc1O)P(=O)(O)O.O. The van der Waals surface area contributed by atoms with Crippen molar-refractivity contribution in [3.05, 3.63) is 23.8 Å². The molecule has 22 heavy (non-hydrogen) atoms. The molecule has 0 bridgehead atoms. The third-order valence-corrected chi connectivity index (χ3v) is 6.44. The van der Waals surface area contributed by atoms with Gasteiger partial charge in [-0.1, -0.05) is 33.8 Å². The van der Waals surface area contributed by atoms with Crippen LogP contribution < -0.4 is 0 Å². The summed E-state index contributed by atoms with van der Waals surface area (Å²) in [4.78, 5) is 19.5. The molecule has 0 saturated heterocycles. The van der Waals surface area contributed by atoms with Crippen LogP contribution in [0.5, 0.6) is 11.5 Å². The second kappa shape index (κ2) is 7.01. The molecule has 0 aromatic heterocycles. The van der Waals surface area contributed by atoms with Crippen LogP contribution in [0.15, 0.2) is 18.2 Å². The van der Waals surface area contributed by atoms with Crippen molar-refractivity contribution in [2.24, 2.45) is 0 Å². The average Bonchev–Trinajstić information content (AvgIpc) is 2.34. The van der Waals surface area contributed by atoms with Crippen molar-refractivity contribution in [3.63, 3.8) is 0 Å². The van der Waals surface area contributed by atoms with Gasteiger partial charge in [-0.05, 0) is 36.3 Å². The summed E-state index contributed by atoms with van der Waals surface area (Å²) < 4.78 is 12.0. The van der Waals surface area contributed by atoms with E-state index in [1.807, 2.05) is 13.8 Å². The summed E-state index contributed by atoms with van der Waals surface area (Å²) in [6.45, 7) is 7.23. The Balaban J connectivity index is 0.00000441. The number of hydrogen-bond donors (Lipinski definition) is 4. The maximum Gasteiger partial charge on any atom is 0.331 e. The molecule has 6 nitrogen and oxygen atoms in total. The van der Waals surface area contributed by atoms with Gasteiger partial charge in [0, 0.05) is 6.07 Å². The molecule has 0 unspecified atom stereocenters. The Kier molecular flexibility index (Phi) is 6.66. The van der Waals surface area contributed by atoms with Crippen molar-refractivity contribution < 1.29 is 30.0 Å². The maximum absolute atomic E-state index is 12.0. The summed E-state index contributed by atoms with van der Waals surface area (Å²) in [5, 5.41) is 18.3. The van der Waals surface area contributed by atoms with E-state index in [9.17, 15) is 24.6 Å². The molecule has 0 heterocycles. The van der Waals surface area contributed by atoms with E-state index in [4.69, 9.17) is 0 Å². The fourth-order valence-corrected chi connectivity index (χ4v) is 4.45. The van der Waals surface area contributed by atoms with Crippen LogP contribution in [0, 0.1) is 0 Å². The smallest absolute Gasteiger partial charge is 0.331 e. The Labute approximate surface area is 131 Å². The van der Waals surface area contributed by atoms with Gasteiger partial charge in [-0.25, -0.2) is 0 Å². The number of phenols is 2. The van der Waals surface area contributed by atoms with E-state index in [1.54, 1.807) is 19.9 Å². The summed E-state index contributed by atoms with van der Waals surface area (Å²) in [6, 6.07) is 4.31. The van der Waals surface area contributed by atoms with Crippen molar-refractivity contribution in [2.45, 2.75) is 57.5 Å². The second-order valence-electron chi connectivity index (χ2n) is 6.24. The molecule has 1 aromatic rings. The number of hydrogen-bond acceptors (Lipinski definition) is 3. The van der Waals surface area contributed by atoms with Crippen molar-refractivity contribution in [1.82, 2.24) is 0 Å². The number of rotatable bonds is 6. The topological polar surface area (TPSA) is 129 Å². The molecule has 0 aliphatic rings. The predicted molar refractivity (Wildman–Crippen MR) is 86.4 cm³/mol. The van der Waals surface area contributed by atoms with Gasteiger partial charge in [-0.15, -0.1) is 0 Å². The van der Waals surface area contributed by atoms with Gasteiger partial charge in [-0.3, -0.25) is 4.57 Å². The summed E-state index contributed by atoms with van der Waals surface area (Å²) in [5.74, 6) is -0.105. The Morgan fingerprint density at radius 3 is 1.95 bits per heavy atom. The summed E-state index contributed by atoms with van der Waals surface area (Å²) >= 11 is 0. The molecule has 0 spiro atoms.